The maximum atomic E-state index is 11.5. The lowest BCUT2D eigenvalue weighted by molar-refractivity contribution is 0.414. The van der Waals surface area contributed by atoms with Gasteiger partial charge in [-0.25, -0.2) is 0 Å². The smallest absolute Gasteiger partial charge is 0.0899 e. The summed E-state index contributed by atoms with van der Waals surface area (Å²) in [6, 6.07) is 0. The summed E-state index contributed by atoms with van der Waals surface area (Å²) in [5, 5.41) is 0. The third-order valence-electron chi connectivity index (χ3n) is 1.58. The molecule has 1 aliphatic rings. The Hall–Kier alpha value is -0.0700. The summed E-state index contributed by atoms with van der Waals surface area (Å²) in [5.74, 6) is 0. The van der Waals surface area contributed by atoms with Crippen molar-refractivity contribution in [2.45, 2.75) is 19.3 Å². The molecule has 1 fully saturated rings. The van der Waals surface area contributed by atoms with Gasteiger partial charge in [0.15, 0.2) is 0 Å². The molecule has 0 aromatic heterocycles. The van der Waals surface area contributed by atoms with Gasteiger partial charge in [-0.15, -0.1) is 0 Å². The minimum atomic E-state index is -0.191. The van der Waals surface area contributed by atoms with Crippen molar-refractivity contribution in [1.82, 2.24) is 0 Å². The number of hydrogen-bond donors (Lipinski definition) is 0. The van der Waals surface area contributed by atoms with Crippen LogP contribution in [0.25, 0.3) is 0 Å². The molecule has 7 heavy (non-hydrogen) atoms. The predicted molar refractivity (Wildman–Crippen MR) is 27.6 cm³/mol. The van der Waals surface area contributed by atoms with Crippen LogP contribution in [0.3, 0.4) is 0 Å². The van der Waals surface area contributed by atoms with E-state index >= 15 is 0 Å². The van der Waals surface area contributed by atoms with Crippen molar-refractivity contribution in [3.63, 3.8) is 0 Å². The molecular weight excluding hydrogens is 91.1 g/mol. The van der Waals surface area contributed by atoms with Gasteiger partial charge in [-0.2, -0.15) is 0 Å². The zero-order valence-corrected chi connectivity index (χ0v) is 4.41. The molecular formula is C6H10F. The summed E-state index contributed by atoms with van der Waals surface area (Å²) in [4.78, 5) is 0. The van der Waals surface area contributed by atoms with E-state index in [9.17, 15) is 4.39 Å². The fourth-order valence-electron chi connectivity index (χ4n) is 0.627. The molecule has 0 saturated heterocycles. The van der Waals surface area contributed by atoms with Gasteiger partial charge in [0.25, 0.3) is 0 Å². The fourth-order valence-corrected chi connectivity index (χ4v) is 0.627. The zero-order chi connectivity index (χ0) is 5.33. The van der Waals surface area contributed by atoms with E-state index in [0.717, 1.165) is 12.8 Å². The Labute approximate surface area is 43.7 Å². The van der Waals surface area contributed by atoms with E-state index in [1.807, 2.05) is 0 Å². The number of rotatable bonds is 2. The Morgan fingerprint density at radius 3 is 2.29 bits per heavy atom. The highest BCUT2D eigenvalue weighted by Gasteiger charge is 2.36. The largest absolute Gasteiger partial charge is 0.251 e. The third-order valence-corrected chi connectivity index (χ3v) is 1.58. The molecule has 0 amide bonds. The first-order valence-corrected chi connectivity index (χ1v) is 2.68. The number of hydrogen-bond acceptors (Lipinski definition) is 0. The van der Waals surface area contributed by atoms with Gasteiger partial charge in [-0.1, -0.05) is 0 Å². The highest BCUT2D eigenvalue weighted by molar-refractivity contribution is 4.94. The second kappa shape index (κ2) is 1.46. The number of halogens is 1. The van der Waals surface area contributed by atoms with Crippen LogP contribution in [-0.2, 0) is 0 Å². The molecule has 0 heterocycles. The van der Waals surface area contributed by atoms with E-state index in [4.69, 9.17) is 0 Å². The Balaban J connectivity index is 2.13. The fraction of sp³-hybridized carbons (Fsp3) is 0.833. The molecule has 0 aromatic rings. The van der Waals surface area contributed by atoms with Gasteiger partial charge in [-0.05, 0) is 31.6 Å². The zero-order valence-electron chi connectivity index (χ0n) is 4.41. The van der Waals surface area contributed by atoms with Crippen molar-refractivity contribution in [3.05, 3.63) is 6.92 Å². The molecule has 0 N–H and O–H groups in total. The van der Waals surface area contributed by atoms with Crippen LogP contribution in [0, 0.1) is 12.3 Å². The van der Waals surface area contributed by atoms with Crippen molar-refractivity contribution in [2.24, 2.45) is 5.41 Å². The van der Waals surface area contributed by atoms with E-state index in [-0.39, 0.29) is 12.1 Å². The Bertz CT molecular complexity index is 64.6. The highest BCUT2D eigenvalue weighted by atomic mass is 19.1. The van der Waals surface area contributed by atoms with Crippen LogP contribution >= 0.6 is 0 Å². The van der Waals surface area contributed by atoms with E-state index in [1.165, 1.54) is 0 Å². The molecule has 1 saturated carbocycles. The van der Waals surface area contributed by atoms with Gasteiger partial charge >= 0.3 is 0 Å². The third kappa shape index (κ3) is 1.15. The van der Waals surface area contributed by atoms with Gasteiger partial charge in [0.2, 0.25) is 0 Å². The summed E-state index contributed by atoms with van der Waals surface area (Å²) in [7, 11) is 0. The molecule has 0 aliphatic heterocycles. The molecule has 0 bridgehead atoms. The maximum Gasteiger partial charge on any atom is 0.0899 e. The average molecular weight is 101 g/mol. The van der Waals surface area contributed by atoms with Gasteiger partial charge in [0.1, 0.15) is 0 Å². The first kappa shape index (κ1) is 5.07. The van der Waals surface area contributed by atoms with Crippen LogP contribution in [0.4, 0.5) is 4.39 Å². The van der Waals surface area contributed by atoms with Crippen molar-refractivity contribution >= 4 is 0 Å². The van der Waals surface area contributed by atoms with Crippen LogP contribution in [0.2, 0.25) is 0 Å². The minimum Gasteiger partial charge on any atom is -0.251 e. The van der Waals surface area contributed by atoms with E-state index in [2.05, 4.69) is 6.92 Å². The Morgan fingerprint density at radius 1 is 1.57 bits per heavy atom. The van der Waals surface area contributed by atoms with Crippen LogP contribution < -0.4 is 0 Å². The first-order valence-electron chi connectivity index (χ1n) is 2.68. The van der Waals surface area contributed by atoms with Gasteiger partial charge in [0, 0.05) is 0 Å². The summed E-state index contributed by atoms with van der Waals surface area (Å²) in [6.45, 7) is 3.64. The topological polar surface area (TPSA) is 0 Å². The molecule has 0 spiro atoms. The van der Waals surface area contributed by atoms with Gasteiger partial charge < -0.3 is 0 Å². The minimum absolute atomic E-state index is 0.175. The van der Waals surface area contributed by atoms with Crippen molar-refractivity contribution in [1.29, 1.82) is 0 Å². The van der Waals surface area contributed by atoms with Gasteiger partial charge in [0.05, 0.1) is 6.67 Å². The first-order chi connectivity index (χ1) is 3.27. The summed E-state index contributed by atoms with van der Waals surface area (Å²) >= 11 is 0. The lowest BCUT2D eigenvalue weighted by Crippen LogP contribution is -1.92. The normalized spacial score (nSPS) is 24.9. The standard InChI is InChI=1S/C6H10F/c1-6(2-3-6)4-5-7/h1-5H2. The summed E-state index contributed by atoms with van der Waals surface area (Å²) < 4.78 is 11.5. The lowest BCUT2D eigenvalue weighted by atomic mass is 10.1. The van der Waals surface area contributed by atoms with E-state index in [0.29, 0.717) is 6.42 Å². The SMILES string of the molecule is [CH2]C1(CCF)CC1. The average Bonchev–Trinajstić information content (AvgIpc) is 2.22. The lowest BCUT2D eigenvalue weighted by Gasteiger charge is -1.99. The maximum absolute atomic E-state index is 11.5. The van der Waals surface area contributed by atoms with Crippen LogP contribution in [0.15, 0.2) is 0 Å². The van der Waals surface area contributed by atoms with Crippen molar-refractivity contribution in [2.75, 3.05) is 6.67 Å². The summed E-state index contributed by atoms with van der Waals surface area (Å²) in [5.41, 5.74) is 0.175. The van der Waals surface area contributed by atoms with E-state index in [1.54, 1.807) is 0 Å². The molecule has 41 valence electrons. The highest BCUT2D eigenvalue weighted by Crippen LogP contribution is 2.47. The molecule has 1 aliphatic carbocycles. The predicted octanol–water partition coefficient (Wildman–Crippen LogP) is 1.96. The van der Waals surface area contributed by atoms with Gasteiger partial charge in [-0.3, -0.25) is 4.39 Å². The van der Waals surface area contributed by atoms with Crippen LogP contribution in [0.1, 0.15) is 19.3 Å². The quantitative estimate of drug-likeness (QED) is 0.498. The number of alkyl halides is 1. The molecule has 0 aromatic carbocycles. The summed E-state index contributed by atoms with van der Waals surface area (Å²) in [6.07, 6.45) is 2.95. The molecule has 1 radical (unpaired) electrons. The van der Waals surface area contributed by atoms with Crippen LogP contribution in [-0.4, -0.2) is 6.67 Å². The Morgan fingerprint density at radius 2 is 2.14 bits per heavy atom. The second-order valence-electron chi connectivity index (χ2n) is 2.44. The monoisotopic (exact) mass is 101 g/mol. The van der Waals surface area contributed by atoms with Crippen molar-refractivity contribution < 1.29 is 4.39 Å². The van der Waals surface area contributed by atoms with E-state index < -0.39 is 0 Å². The molecule has 0 atom stereocenters. The molecule has 0 nitrogen and oxygen atoms in total. The second-order valence-corrected chi connectivity index (χ2v) is 2.44. The molecule has 0 unspecified atom stereocenters. The Kier molecular flexibility index (Phi) is 1.06. The molecule has 1 heteroatoms. The molecule has 1 rings (SSSR count). The van der Waals surface area contributed by atoms with Crippen LogP contribution in [0.5, 0.6) is 0 Å². The van der Waals surface area contributed by atoms with Crippen molar-refractivity contribution in [3.8, 4) is 0 Å².